The number of hydrogen-bond donors (Lipinski definition) is 0. The molecule has 25 heavy (non-hydrogen) atoms. The fourth-order valence-corrected chi connectivity index (χ4v) is 3.69. The normalized spacial score (nSPS) is 15.4. The number of rotatable bonds is 7. The summed E-state index contributed by atoms with van der Waals surface area (Å²) >= 11 is 0. The third-order valence-electron chi connectivity index (χ3n) is 5.07. The second kappa shape index (κ2) is 9.07. The van der Waals surface area contributed by atoms with Crippen molar-refractivity contribution in [3.8, 4) is 0 Å². The summed E-state index contributed by atoms with van der Waals surface area (Å²) in [6, 6.07) is 4.27. The molecule has 0 aliphatic heterocycles. The first-order valence-corrected chi connectivity index (χ1v) is 9.53. The summed E-state index contributed by atoms with van der Waals surface area (Å²) in [6.45, 7) is 7.34. The molecule has 1 heterocycles. The monoisotopic (exact) mass is 347 g/mol. The van der Waals surface area contributed by atoms with Gasteiger partial charge in [0.1, 0.15) is 6.54 Å². The lowest BCUT2D eigenvalue weighted by atomic mass is 9.94. The summed E-state index contributed by atoms with van der Waals surface area (Å²) in [6.07, 6.45) is 7.59. The molecule has 1 aromatic heterocycles. The number of nitrogens with zero attached hydrogens (tertiary/aromatic N) is 3. The van der Waals surface area contributed by atoms with Crippen molar-refractivity contribution in [2.75, 3.05) is 13.1 Å². The number of carbonyl (C=O) groups excluding carboxylic acids is 2. The summed E-state index contributed by atoms with van der Waals surface area (Å²) in [5, 5.41) is 0. The van der Waals surface area contributed by atoms with Gasteiger partial charge in [-0.3, -0.25) is 9.59 Å². The molecule has 1 aromatic rings. The Balaban J connectivity index is 2.08. The van der Waals surface area contributed by atoms with Gasteiger partial charge >= 0.3 is 0 Å². The van der Waals surface area contributed by atoms with Gasteiger partial charge in [0.05, 0.1) is 6.54 Å². The van der Waals surface area contributed by atoms with Crippen LogP contribution >= 0.6 is 0 Å². The maximum absolute atomic E-state index is 13.0. The summed E-state index contributed by atoms with van der Waals surface area (Å²) < 4.78 is 2.05. The molecule has 0 saturated heterocycles. The Kier molecular flexibility index (Phi) is 7.09. The van der Waals surface area contributed by atoms with Gasteiger partial charge in [0, 0.05) is 38.4 Å². The molecule has 0 bridgehead atoms. The Morgan fingerprint density at radius 2 is 1.92 bits per heavy atom. The van der Waals surface area contributed by atoms with E-state index in [1.165, 1.54) is 6.42 Å². The molecule has 1 saturated carbocycles. The van der Waals surface area contributed by atoms with Crippen molar-refractivity contribution in [3.63, 3.8) is 0 Å². The molecule has 0 N–H and O–H groups in total. The highest BCUT2D eigenvalue weighted by atomic mass is 16.2. The predicted octanol–water partition coefficient (Wildman–Crippen LogP) is 3.19. The van der Waals surface area contributed by atoms with Crippen LogP contribution in [0.5, 0.6) is 0 Å². The fraction of sp³-hybridized carbons (Fsp3) is 0.700. The van der Waals surface area contributed by atoms with Crippen molar-refractivity contribution in [1.82, 2.24) is 14.4 Å². The van der Waals surface area contributed by atoms with Crippen molar-refractivity contribution >= 4 is 11.8 Å². The van der Waals surface area contributed by atoms with Crippen LogP contribution in [0.4, 0.5) is 0 Å². The van der Waals surface area contributed by atoms with Crippen molar-refractivity contribution in [2.24, 2.45) is 13.0 Å². The van der Waals surface area contributed by atoms with Gasteiger partial charge < -0.3 is 14.4 Å². The standard InChI is InChI=1S/C20H33N3O2/c1-16(2)13-22(14-19-11-8-12-21(19)4)20(25)15-23(17(3)24)18-9-6-5-7-10-18/h8,11-12,16,18H,5-7,9-10,13-15H2,1-4H3. The molecule has 1 aliphatic rings. The lowest BCUT2D eigenvalue weighted by Crippen LogP contribution is -2.48. The van der Waals surface area contributed by atoms with E-state index in [0.717, 1.165) is 31.4 Å². The van der Waals surface area contributed by atoms with Gasteiger partial charge in [0.2, 0.25) is 11.8 Å². The van der Waals surface area contributed by atoms with E-state index in [1.54, 1.807) is 11.8 Å². The molecular formula is C20H33N3O2. The number of hydrogen-bond acceptors (Lipinski definition) is 2. The summed E-state index contributed by atoms with van der Waals surface area (Å²) in [5.74, 6) is 0.462. The van der Waals surface area contributed by atoms with Gasteiger partial charge in [-0.05, 0) is 30.9 Å². The Bertz CT molecular complexity index is 573. The van der Waals surface area contributed by atoms with E-state index in [-0.39, 0.29) is 24.4 Å². The summed E-state index contributed by atoms with van der Waals surface area (Å²) in [4.78, 5) is 28.8. The summed E-state index contributed by atoms with van der Waals surface area (Å²) in [7, 11) is 2.00. The van der Waals surface area contributed by atoms with Crippen LogP contribution < -0.4 is 0 Å². The molecule has 0 unspecified atom stereocenters. The third kappa shape index (κ3) is 5.62. The highest BCUT2D eigenvalue weighted by Crippen LogP contribution is 2.23. The average molecular weight is 348 g/mol. The molecule has 0 aromatic carbocycles. The van der Waals surface area contributed by atoms with Crippen LogP contribution in [0, 0.1) is 5.92 Å². The third-order valence-corrected chi connectivity index (χ3v) is 5.07. The Labute approximate surface area is 152 Å². The van der Waals surface area contributed by atoms with E-state index in [4.69, 9.17) is 0 Å². The topological polar surface area (TPSA) is 45.6 Å². The Morgan fingerprint density at radius 1 is 1.24 bits per heavy atom. The van der Waals surface area contributed by atoms with Crippen molar-refractivity contribution in [1.29, 1.82) is 0 Å². The number of aryl methyl sites for hydroxylation is 1. The van der Waals surface area contributed by atoms with Crippen molar-refractivity contribution < 1.29 is 9.59 Å². The van der Waals surface area contributed by atoms with Crippen LogP contribution in [0.15, 0.2) is 18.3 Å². The van der Waals surface area contributed by atoms with Crippen LogP contribution in [-0.4, -0.2) is 45.3 Å². The lowest BCUT2D eigenvalue weighted by Gasteiger charge is -2.35. The minimum absolute atomic E-state index is 0.0172. The largest absolute Gasteiger partial charge is 0.353 e. The first kappa shape index (κ1) is 19.5. The first-order chi connectivity index (χ1) is 11.9. The van der Waals surface area contributed by atoms with Gasteiger partial charge in [-0.15, -0.1) is 0 Å². The average Bonchev–Trinajstić information content (AvgIpc) is 2.97. The number of carbonyl (C=O) groups is 2. The molecule has 1 fully saturated rings. The molecule has 0 atom stereocenters. The van der Waals surface area contributed by atoms with Gasteiger partial charge in [0.15, 0.2) is 0 Å². The molecule has 0 spiro atoms. The predicted molar refractivity (Wildman–Crippen MR) is 99.9 cm³/mol. The zero-order chi connectivity index (χ0) is 18.4. The van der Waals surface area contributed by atoms with Crippen LogP contribution in [0.3, 0.4) is 0 Å². The van der Waals surface area contributed by atoms with E-state index in [1.807, 2.05) is 34.8 Å². The maximum atomic E-state index is 13.0. The quantitative estimate of drug-likeness (QED) is 0.760. The van der Waals surface area contributed by atoms with E-state index < -0.39 is 0 Å². The second-order valence-corrected chi connectivity index (χ2v) is 7.72. The first-order valence-electron chi connectivity index (χ1n) is 9.53. The molecule has 2 amide bonds. The van der Waals surface area contributed by atoms with Gasteiger partial charge in [-0.25, -0.2) is 0 Å². The van der Waals surface area contributed by atoms with Crippen molar-refractivity contribution in [3.05, 3.63) is 24.0 Å². The van der Waals surface area contributed by atoms with E-state index in [9.17, 15) is 9.59 Å². The smallest absolute Gasteiger partial charge is 0.242 e. The zero-order valence-corrected chi connectivity index (χ0v) is 16.2. The lowest BCUT2D eigenvalue weighted by molar-refractivity contribution is -0.142. The Hall–Kier alpha value is -1.78. The highest BCUT2D eigenvalue weighted by molar-refractivity contribution is 5.84. The van der Waals surface area contributed by atoms with Gasteiger partial charge in [-0.2, -0.15) is 0 Å². The van der Waals surface area contributed by atoms with E-state index >= 15 is 0 Å². The van der Waals surface area contributed by atoms with Crippen LogP contribution in [0.1, 0.15) is 58.6 Å². The number of amides is 2. The van der Waals surface area contributed by atoms with Crippen LogP contribution in [0.25, 0.3) is 0 Å². The van der Waals surface area contributed by atoms with E-state index in [0.29, 0.717) is 19.0 Å². The highest BCUT2D eigenvalue weighted by Gasteiger charge is 2.27. The Morgan fingerprint density at radius 3 is 2.44 bits per heavy atom. The van der Waals surface area contributed by atoms with Crippen molar-refractivity contribution in [2.45, 2.75) is 65.5 Å². The molecule has 5 heteroatoms. The summed E-state index contributed by atoms with van der Waals surface area (Å²) in [5.41, 5.74) is 1.11. The SMILES string of the molecule is CC(=O)N(CC(=O)N(Cc1cccn1C)CC(C)C)C1CCCCC1. The molecule has 0 radical (unpaired) electrons. The van der Waals surface area contributed by atoms with E-state index in [2.05, 4.69) is 13.8 Å². The number of aromatic nitrogens is 1. The maximum Gasteiger partial charge on any atom is 0.242 e. The van der Waals surface area contributed by atoms with Gasteiger partial charge in [-0.1, -0.05) is 33.1 Å². The molecule has 1 aliphatic carbocycles. The minimum atomic E-state index is 0.0172. The van der Waals surface area contributed by atoms with Crippen LogP contribution in [0.2, 0.25) is 0 Å². The minimum Gasteiger partial charge on any atom is -0.353 e. The second-order valence-electron chi connectivity index (χ2n) is 7.72. The fourth-order valence-electron chi connectivity index (χ4n) is 3.69. The molecular weight excluding hydrogens is 314 g/mol. The molecule has 2 rings (SSSR count). The zero-order valence-electron chi connectivity index (χ0n) is 16.2. The van der Waals surface area contributed by atoms with Crippen LogP contribution in [-0.2, 0) is 23.2 Å². The molecule has 5 nitrogen and oxygen atoms in total. The molecule has 140 valence electrons. The van der Waals surface area contributed by atoms with Gasteiger partial charge in [0.25, 0.3) is 0 Å².